The van der Waals surface area contributed by atoms with Gasteiger partial charge in [0.05, 0.1) is 0 Å². The molecule has 1 aliphatic heterocycles. The van der Waals surface area contributed by atoms with Crippen LogP contribution in [0.15, 0.2) is 29.3 Å². The van der Waals surface area contributed by atoms with Crippen LogP contribution in [-0.4, -0.2) is 46.0 Å². The zero-order valence-electron chi connectivity index (χ0n) is 14.0. The van der Waals surface area contributed by atoms with E-state index in [4.69, 9.17) is 0 Å². The fraction of sp³-hybridized carbons (Fsp3) is 0.412. The average Bonchev–Trinajstić information content (AvgIpc) is 2.83. The van der Waals surface area contributed by atoms with Gasteiger partial charge in [-0.25, -0.2) is 0 Å². The largest absolute Gasteiger partial charge is 0.326 e. The minimum absolute atomic E-state index is 0.0248. The van der Waals surface area contributed by atoms with E-state index in [1.807, 2.05) is 13.8 Å². The molecule has 6 nitrogen and oxygen atoms in total. The molecule has 2 amide bonds. The molecular weight excluding hydrogens is 326 g/mol. The van der Waals surface area contributed by atoms with Crippen LogP contribution in [0.4, 0.5) is 5.69 Å². The van der Waals surface area contributed by atoms with Crippen LogP contribution in [0, 0.1) is 0 Å². The summed E-state index contributed by atoms with van der Waals surface area (Å²) >= 11 is 1.34. The molecule has 1 N–H and O–H groups in total. The lowest BCUT2D eigenvalue weighted by molar-refractivity contribution is -0.128. The van der Waals surface area contributed by atoms with Crippen LogP contribution in [0.25, 0.3) is 0 Å². The SMILES string of the molecule is CCN=C1S[C@H](CC(=O)Nc2ccc(C(C)=O)cc2)C(=O)N1CC. The Morgan fingerprint density at radius 2 is 1.92 bits per heavy atom. The van der Waals surface area contributed by atoms with Gasteiger partial charge in [0, 0.05) is 30.8 Å². The highest BCUT2D eigenvalue weighted by atomic mass is 32.2. The Balaban J connectivity index is 1.98. The van der Waals surface area contributed by atoms with Crippen LogP contribution in [0.2, 0.25) is 0 Å². The number of aliphatic imine (C=N–C) groups is 1. The Morgan fingerprint density at radius 3 is 2.46 bits per heavy atom. The molecule has 1 aromatic carbocycles. The van der Waals surface area contributed by atoms with E-state index in [0.29, 0.717) is 29.5 Å². The fourth-order valence-corrected chi connectivity index (χ4v) is 3.62. The normalized spacial score (nSPS) is 19.0. The second-order valence-electron chi connectivity index (χ2n) is 5.33. The second kappa shape index (κ2) is 8.10. The van der Waals surface area contributed by atoms with Crippen molar-refractivity contribution >= 4 is 40.2 Å². The lowest BCUT2D eigenvalue weighted by Crippen LogP contribution is -2.33. The zero-order chi connectivity index (χ0) is 17.7. The van der Waals surface area contributed by atoms with Gasteiger partial charge in [-0.1, -0.05) is 11.8 Å². The number of amidine groups is 1. The van der Waals surface area contributed by atoms with Crippen LogP contribution >= 0.6 is 11.8 Å². The Labute approximate surface area is 145 Å². The van der Waals surface area contributed by atoms with Gasteiger partial charge in [-0.05, 0) is 45.0 Å². The lowest BCUT2D eigenvalue weighted by atomic mass is 10.1. The summed E-state index contributed by atoms with van der Waals surface area (Å²) in [5, 5.41) is 3.01. The van der Waals surface area contributed by atoms with Crippen molar-refractivity contribution in [1.29, 1.82) is 0 Å². The van der Waals surface area contributed by atoms with E-state index < -0.39 is 5.25 Å². The molecule has 7 heteroatoms. The van der Waals surface area contributed by atoms with E-state index in [0.717, 1.165) is 0 Å². The molecule has 128 valence electrons. The standard InChI is InChI=1S/C17H21N3O3S/c1-4-18-17-20(5-2)16(23)14(24-17)10-15(22)19-13-8-6-12(7-9-13)11(3)21/h6-9,14H,4-5,10H2,1-3H3,(H,19,22)/t14-/m1/s1. The maximum atomic E-state index is 12.3. The molecule has 1 saturated heterocycles. The molecule has 1 fully saturated rings. The maximum Gasteiger partial charge on any atom is 0.242 e. The number of rotatable bonds is 6. The second-order valence-corrected chi connectivity index (χ2v) is 6.50. The van der Waals surface area contributed by atoms with Gasteiger partial charge in [0.25, 0.3) is 0 Å². The smallest absolute Gasteiger partial charge is 0.242 e. The van der Waals surface area contributed by atoms with E-state index >= 15 is 0 Å². The number of hydrogen-bond donors (Lipinski definition) is 1. The number of Topliss-reactive ketones (excluding diaryl/α,β-unsaturated/α-hetero) is 1. The molecule has 0 unspecified atom stereocenters. The summed E-state index contributed by atoms with van der Waals surface area (Å²) < 4.78 is 0. The first kappa shape index (κ1) is 18.2. The number of nitrogens with one attached hydrogen (secondary N) is 1. The summed E-state index contributed by atoms with van der Waals surface area (Å²) in [7, 11) is 0. The van der Waals surface area contributed by atoms with Crippen molar-refractivity contribution in [2.45, 2.75) is 32.4 Å². The third-order valence-electron chi connectivity index (χ3n) is 3.58. The first-order valence-corrected chi connectivity index (χ1v) is 8.77. The topological polar surface area (TPSA) is 78.8 Å². The van der Waals surface area contributed by atoms with Crippen LogP contribution in [0.5, 0.6) is 0 Å². The van der Waals surface area contributed by atoms with Gasteiger partial charge in [-0.3, -0.25) is 24.3 Å². The predicted molar refractivity (Wildman–Crippen MR) is 96.4 cm³/mol. The summed E-state index contributed by atoms with van der Waals surface area (Å²) in [6, 6.07) is 6.69. The van der Waals surface area contributed by atoms with E-state index in [2.05, 4.69) is 10.3 Å². The van der Waals surface area contributed by atoms with Crippen molar-refractivity contribution in [3.05, 3.63) is 29.8 Å². The van der Waals surface area contributed by atoms with E-state index in [1.54, 1.807) is 29.2 Å². The molecule has 1 aliphatic rings. The minimum Gasteiger partial charge on any atom is -0.326 e. The molecule has 2 rings (SSSR count). The van der Waals surface area contributed by atoms with Gasteiger partial charge in [-0.2, -0.15) is 0 Å². The first-order chi connectivity index (χ1) is 11.5. The number of carbonyl (C=O) groups excluding carboxylic acids is 3. The third-order valence-corrected chi connectivity index (χ3v) is 4.79. The van der Waals surface area contributed by atoms with Crippen molar-refractivity contribution in [3.8, 4) is 0 Å². The van der Waals surface area contributed by atoms with Crippen LogP contribution in [0.3, 0.4) is 0 Å². The summed E-state index contributed by atoms with van der Waals surface area (Å²) in [6.07, 6.45) is 0.0944. The Morgan fingerprint density at radius 1 is 1.25 bits per heavy atom. The number of hydrogen-bond acceptors (Lipinski definition) is 5. The fourth-order valence-electron chi connectivity index (χ4n) is 2.36. The molecule has 0 saturated carbocycles. The number of benzene rings is 1. The van der Waals surface area contributed by atoms with Gasteiger partial charge in [0.2, 0.25) is 11.8 Å². The number of thioether (sulfide) groups is 1. The highest BCUT2D eigenvalue weighted by Gasteiger charge is 2.37. The molecule has 1 aromatic rings. The van der Waals surface area contributed by atoms with Gasteiger partial charge >= 0.3 is 0 Å². The summed E-state index contributed by atoms with van der Waals surface area (Å²) in [5.74, 6) is -0.328. The van der Waals surface area contributed by atoms with Gasteiger partial charge in [-0.15, -0.1) is 0 Å². The molecule has 0 aliphatic carbocycles. The Kier molecular flexibility index (Phi) is 6.14. The highest BCUT2D eigenvalue weighted by Crippen LogP contribution is 2.29. The quantitative estimate of drug-likeness (QED) is 0.802. The Hall–Kier alpha value is -2.15. The summed E-state index contributed by atoms with van der Waals surface area (Å²) in [6.45, 7) is 6.45. The van der Waals surface area contributed by atoms with Crippen LogP contribution in [-0.2, 0) is 9.59 Å². The van der Waals surface area contributed by atoms with Crippen molar-refractivity contribution in [2.75, 3.05) is 18.4 Å². The number of amides is 2. The summed E-state index contributed by atoms with van der Waals surface area (Å²) in [5.41, 5.74) is 1.20. The third kappa shape index (κ3) is 4.23. The number of anilines is 1. The van der Waals surface area contributed by atoms with Crippen LogP contribution < -0.4 is 5.32 Å². The molecule has 0 aromatic heterocycles. The van der Waals surface area contributed by atoms with E-state index in [9.17, 15) is 14.4 Å². The Bertz CT molecular complexity index is 670. The van der Waals surface area contributed by atoms with Crippen molar-refractivity contribution in [3.63, 3.8) is 0 Å². The number of carbonyl (C=O) groups is 3. The molecule has 1 atom stereocenters. The maximum absolute atomic E-state index is 12.3. The highest BCUT2D eigenvalue weighted by molar-refractivity contribution is 8.15. The van der Waals surface area contributed by atoms with Gasteiger partial charge in [0.15, 0.2) is 11.0 Å². The van der Waals surface area contributed by atoms with E-state index in [-0.39, 0.29) is 24.0 Å². The average molecular weight is 347 g/mol. The molecule has 0 spiro atoms. The molecule has 1 heterocycles. The minimum atomic E-state index is -0.438. The van der Waals surface area contributed by atoms with Crippen molar-refractivity contribution in [2.24, 2.45) is 4.99 Å². The summed E-state index contributed by atoms with van der Waals surface area (Å²) in [4.78, 5) is 41.7. The number of nitrogens with zero attached hydrogens (tertiary/aromatic N) is 2. The monoisotopic (exact) mass is 347 g/mol. The molecule has 0 radical (unpaired) electrons. The van der Waals surface area contributed by atoms with Crippen molar-refractivity contribution < 1.29 is 14.4 Å². The predicted octanol–water partition coefficient (Wildman–Crippen LogP) is 2.56. The van der Waals surface area contributed by atoms with Gasteiger partial charge in [0.1, 0.15) is 5.25 Å². The van der Waals surface area contributed by atoms with Crippen LogP contribution in [0.1, 0.15) is 37.6 Å². The zero-order valence-corrected chi connectivity index (χ0v) is 14.9. The molecule has 24 heavy (non-hydrogen) atoms. The number of ketones is 1. The lowest BCUT2D eigenvalue weighted by Gasteiger charge is -2.13. The molecular formula is C17H21N3O3S. The van der Waals surface area contributed by atoms with Crippen molar-refractivity contribution in [1.82, 2.24) is 4.90 Å². The first-order valence-electron chi connectivity index (χ1n) is 7.89. The molecule has 0 bridgehead atoms. The van der Waals surface area contributed by atoms with E-state index in [1.165, 1.54) is 18.7 Å². The van der Waals surface area contributed by atoms with Gasteiger partial charge < -0.3 is 5.32 Å².